The summed E-state index contributed by atoms with van der Waals surface area (Å²) in [4.78, 5) is 2.38. The SMILES string of the molecule is CNCc1cccc(F)c1N1CCC[C@H]2CCCC[C@H]21. The third kappa shape index (κ3) is 2.56. The quantitative estimate of drug-likeness (QED) is 0.905. The van der Waals surface area contributed by atoms with E-state index in [1.807, 2.05) is 13.1 Å². The van der Waals surface area contributed by atoms with E-state index in [2.05, 4.69) is 16.3 Å². The molecular weight excluding hydrogens is 251 g/mol. The Hall–Kier alpha value is -1.09. The van der Waals surface area contributed by atoms with Gasteiger partial charge in [-0.2, -0.15) is 0 Å². The number of benzene rings is 1. The third-order valence-electron chi connectivity index (χ3n) is 4.97. The zero-order chi connectivity index (χ0) is 13.9. The highest BCUT2D eigenvalue weighted by molar-refractivity contribution is 5.56. The number of piperidine rings is 1. The summed E-state index contributed by atoms with van der Waals surface area (Å²) in [6.07, 6.45) is 7.75. The molecular formula is C17H25FN2. The van der Waals surface area contributed by atoms with Crippen LogP contribution in [-0.4, -0.2) is 19.6 Å². The van der Waals surface area contributed by atoms with Crippen LogP contribution in [0.1, 0.15) is 44.1 Å². The Bertz CT molecular complexity index is 458. The van der Waals surface area contributed by atoms with Gasteiger partial charge in [0.25, 0.3) is 0 Å². The van der Waals surface area contributed by atoms with Crippen molar-refractivity contribution in [2.45, 2.75) is 51.1 Å². The molecule has 2 nitrogen and oxygen atoms in total. The smallest absolute Gasteiger partial charge is 0.146 e. The molecule has 3 heteroatoms. The summed E-state index contributed by atoms with van der Waals surface area (Å²) in [6.45, 7) is 1.75. The van der Waals surface area contributed by atoms with Crippen LogP contribution in [0, 0.1) is 11.7 Å². The van der Waals surface area contributed by atoms with Crippen molar-refractivity contribution >= 4 is 5.69 Å². The lowest BCUT2D eigenvalue weighted by Gasteiger charge is -2.46. The van der Waals surface area contributed by atoms with Gasteiger partial charge in [0.15, 0.2) is 0 Å². The minimum absolute atomic E-state index is 0.0519. The van der Waals surface area contributed by atoms with E-state index in [1.165, 1.54) is 38.5 Å². The Kier molecular flexibility index (Phi) is 4.25. The lowest BCUT2D eigenvalue weighted by molar-refractivity contribution is 0.242. The third-order valence-corrected chi connectivity index (χ3v) is 4.97. The molecule has 0 radical (unpaired) electrons. The maximum Gasteiger partial charge on any atom is 0.146 e. The Labute approximate surface area is 121 Å². The molecule has 0 bridgehead atoms. The molecule has 1 aromatic rings. The predicted molar refractivity (Wildman–Crippen MR) is 81.5 cm³/mol. The van der Waals surface area contributed by atoms with Crippen LogP contribution < -0.4 is 10.2 Å². The Morgan fingerprint density at radius 2 is 2.00 bits per heavy atom. The first kappa shape index (κ1) is 13.9. The minimum atomic E-state index is -0.0519. The number of nitrogens with one attached hydrogen (secondary N) is 1. The van der Waals surface area contributed by atoms with E-state index in [0.29, 0.717) is 6.04 Å². The number of hydrogen-bond donors (Lipinski definition) is 1. The fourth-order valence-electron chi connectivity index (χ4n) is 4.12. The van der Waals surface area contributed by atoms with Crippen LogP contribution in [-0.2, 0) is 6.54 Å². The average Bonchev–Trinajstić information content (AvgIpc) is 2.48. The second kappa shape index (κ2) is 6.13. The summed E-state index contributed by atoms with van der Waals surface area (Å²) in [5.74, 6) is 0.725. The monoisotopic (exact) mass is 276 g/mol. The summed E-state index contributed by atoms with van der Waals surface area (Å²) in [5, 5.41) is 3.17. The molecule has 0 amide bonds. The second-order valence-corrected chi connectivity index (χ2v) is 6.23. The standard InChI is InChI=1S/C17H25FN2/c1-19-12-14-7-4-9-15(18)17(14)20-11-5-8-13-6-2-3-10-16(13)20/h4,7,9,13,16,19H,2-3,5-6,8,10-12H2,1H3/t13-,16-/m1/s1. The molecule has 1 saturated carbocycles. The molecule has 2 aliphatic rings. The lowest BCUT2D eigenvalue weighted by Crippen LogP contribution is -2.47. The zero-order valence-corrected chi connectivity index (χ0v) is 12.4. The number of halogens is 1. The van der Waals surface area contributed by atoms with Crippen molar-refractivity contribution in [3.8, 4) is 0 Å². The van der Waals surface area contributed by atoms with Crippen LogP contribution in [0.2, 0.25) is 0 Å². The summed E-state index contributed by atoms with van der Waals surface area (Å²) in [7, 11) is 1.92. The van der Waals surface area contributed by atoms with Crippen molar-refractivity contribution in [2.75, 3.05) is 18.5 Å². The highest BCUT2D eigenvalue weighted by atomic mass is 19.1. The zero-order valence-electron chi connectivity index (χ0n) is 12.4. The van der Waals surface area contributed by atoms with E-state index in [0.717, 1.165) is 30.3 Å². The number of para-hydroxylation sites is 1. The van der Waals surface area contributed by atoms with E-state index < -0.39 is 0 Å². The highest BCUT2D eigenvalue weighted by Gasteiger charge is 2.35. The summed E-state index contributed by atoms with van der Waals surface area (Å²) < 4.78 is 14.4. The van der Waals surface area contributed by atoms with Gasteiger partial charge in [-0.15, -0.1) is 0 Å². The minimum Gasteiger partial charge on any atom is -0.366 e. The molecule has 3 rings (SSSR count). The van der Waals surface area contributed by atoms with Gasteiger partial charge >= 0.3 is 0 Å². The number of anilines is 1. The normalized spacial score (nSPS) is 26.4. The molecule has 0 unspecified atom stereocenters. The summed E-state index contributed by atoms with van der Waals surface area (Å²) in [6, 6.07) is 6.06. The number of nitrogens with zero attached hydrogens (tertiary/aromatic N) is 1. The van der Waals surface area contributed by atoms with Crippen LogP contribution in [0.3, 0.4) is 0 Å². The van der Waals surface area contributed by atoms with Gasteiger partial charge in [-0.25, -0.2) is 4.39 Å². The molecule has 2 fully saturated rings. The second-order valence-electron chi connectivity index (χ2n) is 6.23. The van der Waals surface area contributed by atoms with Crippen molar-refractivity contribution < 1.29 is 4.39 Å². The average molecular weight is 276 g/mol. The summed E-state index contributed by atoms with van der Waals surface area (Å²) in [5.41, 5.74) is 1.96. The van der Waals surface area contributed by atoms with Crippen LogP contribution >= 0.6 is 0 Å². The molecule has 1 N–H and O–H groups in total. The summed E-state index contributed by atoms with van der Waals surface area (Å²) >= 11 is 0. The topological polar surface area (TPSA) is 15.3 Å². The number of rotatable bonds is 3. The van der Waals surface area contributed by atoms with Gasteiger partial charge < -0.3 is 10.2 Å². The number of hydrogen-bond acceptors (Lipinski definition) is 2. The molecule has 20 heavy (non-hydrogen) atoms. The first-order chi connectivity index (χ1) is 9.81. The molecule has 1 aromatic carbocycles. The van der Waals surface area contributed by atoms with E-state index >= 15 is 0 Å². The first-order valence-electron chi connectivity index (χ1n) is 8.00. The maximum absolute atomic E-state index is 14.4. The molecule has 110 valence electrons. The van der Waals surface area contributed by atoms with E-state index in [4.69, 9.17) is 0 Å². The van der Waals surface area contributed by atoms with Crippen molar-refractivity contribution in [1.82, 2.24) is 5.32 Å². The van der Waals surface area contributed by atoms with Gasteiger partial charge in [0.1, 0.15) is 5.82 Å². The van der Waals surface area contributed by atoms with E-state index in [9.17, 15) is 4.39 Å². The Balaban J connectivity index is 1.94. The molecule has 1 saturated heterocycles. The maximum atomic E-state index is 14.4. The van der Waals surface area contributed by atoms with Gasteiger partial charge in [0, 0.05) is 19.1 Å². The van der Waals surface area contributed by atoms with Gasteiger partial charge in [-0.3, -0.25) is 0 Å². The van der Waals surface area contributed by atoms with Gasteiger partial charge in [0.05, 0.1) is 5.69 Å². The molecule has 2 atom stereocenters. The van der Waals surface area contributed by atoms with Crippen LogP contribution in [0.4, 0.5) is 10.1 Å². The first-order valence-corrected chi connectivity index (χ1v) is 8.00. The largest absolute Gasteiger partial charge is 0.366 e. The van der Waals surface area contributed by atoms with Gasteiger partial charge in [0.2, 0.25) is 0 Å². The Morgan fingerprint density at radius 3 is 2.85 bits per heavy atom. The van der Waals surface area contributed by atoms with Crippen LogP contribution in [0.5, 0.6) is 0 Å². The molecule has 1 aliphatic carbocycles. The van der Waals surface area contributed by atoms with E-state index in [-0.39, 0.29) is 5.82 Å². The van der Waals surface area contributed by atoms with Crippen molar-refractivity contribution in [3.05, 3.63) is 29.6 Å². The van der Waals surface area contributed by atoms with Gasteiger partial charge in [-0.05, 0) is 50.3 Å². The van der Waals surface area contributed by atoms with E-state index in [1.54, 1.807) is 6.07 Å². The van der Waals surface area contributed by atoms with Crippen LogP contribution in [0.25, 0.3) is 0 Å². The molecule has 1 heterocycles. The molecule has 0 aromatic heterocycles. The molecule has 0 spiro atoms. The van der Waals surface area contributed by atoms with Crippen LogP contribution in [0.15, 0.2) is 18.2 Å². The van der Waals surface area contributed by atoms with Crippen molar-refractivity contribution in [3.63, 3.8) is 0 Å². The highest BCUT2D eigenvalue weighted by Crippen LogP contribution is 2.39. The fourth-order valence-corrected chi connectivity index (χ4v) is 4.12. The van der Waals surface area contributed by atoms with Gasteiger partial charge in [-0.1, -0.05) is 25.0 Å². The fraction of sp³-hybridized carbons (Fsp3) is 0.647. The van der Waals surface area contributed by atoms with Crippen molar-refractivity contribution in [1.29, 1.82) is 0 Å². The molecule has 1 aliphatic heterocycles. The number of fused-ring (bicyclic) bond motifs is 1. The Morgan fingerprint density at radius 1 is 1.20 bits per heavy atom. The predicted octanol–water partition coefficient (Wildman–Crippen LogP) is 3.70. The lowest BCUT2D eigenvalue weighted by atomic mass is 9.78. The van der Waals surface area contributed by atoms with Crippen molar-refractivity contribution in [2.24, 2.45) is 5.92 Å².